The molecular formula is C24H18BrN3O2S. The third kappa shape index (κ3) is 2.80. The summed E-state index contributed by atoms with van der Waals surface area (Å²) in [4.78, 5) is 28.3. The van der Waals surface area contributed by atoms with Gasteiger partial charge in [-0.15, -0.1) is 11.3 Å². The van der Waals surface area contributed by atoms with E-state index in [1.54, 1.807) is 11.3 Å². The van der Waals surface area contributed by atoms with Gasteiger partial charge in [0.25, 0.3) is 11.8 Å². The largest absolute Gasteiger partial charge is 0.371 e. The molecule has 0 saturated carbocycles. The van der Waals surface area contributed by atoms with Crippen molar-refractivity contribution in [3.05, 3.63) is 63.6 Å². The first-order valence-corrected chi connectivity index (χ1v) is 11.8. The maximum absolute atomic E-state index is 13.0. The zero-order chi connectivity index (χ0) is 21.3. The van der Waals surface area contributed by atoms with Crippen LogP contribution in [0, 0.1) is 0 Å². The Labute approximate surface area is 191 Å². The van der Waals surface area contributed by atoms with E-state index in [-0.39, 0.29) is 11.8 Å². The molecule has 154 valence electrons. The summed E-state index contributed by atoms with van der Waals surface area (Å²) in [6, 6.07) is 12.4. The van der Waals surface area contributed by atoms with Gasteiger partial charge < -0.3 is 9.47 Å². The molecule has 0 aliphatic carbocycles. The van der Waals surface area contributed by atoms with Crippen LogP contribution in [0.2, 0.25) is 0 Å². The van der Waals surface area contributed by atoms with Gasteiger partial charge in [-0.3, -0.25) is 14.9 Å². The average molecular weight is 492 g/mol. The molecule has 31 heavy (non-hydrogen) atoms. The molecule has 2 aromatic carbocycles. The van der Waals surface area contributed by atoms with Crippen molar-refractivity contribution in [2.24, 2.45) is 7.05 Å². The standard InChI is InChI=1S/C24H18BrN3O2S/c1-27-11-17(15-9-13(25)3-5-19(15)27)21-22(24(30)26-23(21)29)18-12-31-20-6-4-14(10-16(18)20)28-7-2-8-28/h3-6,9-12H,2,7-8H2,1H3,(H,26,29,30). The minimum atomic E-state index is -0.342. The highest BCUT2D eigenvalue weighted by atomic mass is 79.9. The van der Waals surface area contributed by atoms with E-state index in [4.69, 9.17) is 0 Å². The van der Waals surface area contributed by atoms with E-state index in [9.17, 15) is 9.59 Å². The van der Waals surface area contributed by atoms with Crippen LogP contribution in [0.3, 0.4) is 0 Å². The summed E-state index contributed by atoms with van der Waals surface area (Å²) in [7, 11) is 1.95. The highest BCUT2D eigenvalue weighted by Gasteiger charge is 2.35. The Kier molecular flexibility index (Phi) is 4.13. The Morgan fingerprint density at radius 3 is 2.48 bits per heavy atom. The van der Waals surface area contributed by atoms with E-state index in [1.807, 2.05) is 41.4 Å². The van der Waals surface area contributed by atoms with E-state index in [0.717, 1.165) is 49.7 Å². The van der Waals surface area contributed by atoms with Gasteiger partial charge in [0, 0.05) is 74.0 Å². The van der Waals surface area contributed by atoms with Gasteiger partial charge in [-0.2, -0.15) is 0 Å². The van der Waals surface area contributed by atoms with Crippen molar-refractivity contribution in [2.45, 2.75) is 6.42 Å². The number of halogens is 1. The predicted molar refractivity (Wildman–Crippen MR) is 129 cm³/mol. The second-order valence-electron chi connectivity index (χ2n) is 8.02. The predicted octanol–water partition coefficient (Wildman–Crippen LogP) is 4.93. The number of nitrogens with zero attached hydrogens (tertiary/aromatic N) is 2. The van der Waals surface area contributed by atoms with E-state index in [2.05, 4.69) is 44.3 Å². The number of anilines is 1. The Hall–Kier alpha value is -2.90. The van der Waals surface area contributed by atoms with Crippen LogP contribution < -0.4 is 10.2 Å². The zero-order valence-electron chi connectivity index (χ0n) is 16.7. The fraction of sp³-hybridized carbons (Fsp3) is 0.167. The lowest BCUT2D eigenvalue weighted by molar-refractivity contribution is -0.122. The molecule has 1 N–H and O–H groups in total. The summed E-state index contributed by atoms with van der Waals surface area (Å²) in [5, 5.41) is 6.50. The molecule has 4 heterocycles. The number of hydrogen-bond acceptors (Lipinski definition) is 4. The van der Waals surface area contributed by atoms with Gasteiger partial charge in [-0.25, -0.2) is 0 Å². The fourth-order valence-electron chi connectivity index (χ4n) is 4.51. The first-order chi connectivity index (χ1) is 15.0. The summed E-state index contributed by atoms with van der Waals surface area (Å²) in [6.07, 6.45) is 3.14. The molecule has 0 spiro atoms. The first kappa shape index (κ1) is 18.8. The highest BCUT2D eigenvalue weighted by molar-refractivity contribution is 9.10. The van der Waals surface area contributed by atoms with Crippen molar-refractivity contribution in [1.29, 1.82) is 0 Å². The SMILES string of the molecule is Cn1cc(C2=C(c3csc4ccc(N5CCC5)cc34)C(=O)NC2=O)c2cc(Br)ccc21. The molecule has 1 saturated heterocycles. The van der Waals surface area contributed by atoms with Gasteiger partial charge in [0.1, 0.15) is 0 Å². The van der Waals surface area contributed by atoms with Crippen LogP contribution in [-0.2, 0) is 16.6 Å². The Morgan fingerprint density at radius 1 is 0.968 bits per heavy atom. The van der Waals surface area contributed by atoms with E-state index in [0.29, 0.717) is 11.1 Å². The second-order valence-corrected chi connectivity index (χ2v) is 9.85. The molecule has 2 aliphatic rings. The molecule has 0 bridgehead atoms. The Morgan fingerprint density at radius 2 is 1.74 bits per heavy atom. The summed E-state index contributed by atoms with van der Waals surface area (Å²) in [6.45, 7) is 2.12. The van der Waals surface area contributed by atoms with Gasteiger partial charge >= 0.3 is 0 Å². The molecule has 0 unspecified atom stereocenters. The van der Waals surface area contributed by atoms with E-state index < -0.39 is 0 Å². The number of nitrogens with one attached hydrogen (secondary N) is 1. The summed E-state index contributed by atoms with van der Waals surface area (Å²) < 4.78 is 4.03. The highest BCUT2D eigenvalue weighted by Crippen LogP contribution is 2.41. The van der Waals surface area contributed by atoms with Gasteiger partial charge in [0.05, 0.1) is 11.1 Å². The molecule has 7 heteroatoms. The smallest absolute Gasteiger partial charge is 0.259 e. The van der Waals surface area contributed by atoms with Crippen molar-refractivity contribution in [1.82, 2.24) is 9.88 Å². The van der Waals surface area contributed by atoms with E-state index in [1.165, 1.54) is 12.1 Å². The van der Waals surface area contributed by atoms with Crippen LogP contribution >= 0.6 is 27.3 Å². The molecular weight excluding hydrogens is 474 g/mol. The number of hydrogen-bond donors (Lipinski definition) is 1. The van der Waals surface area contributed by atoms with Crippen LogP contribution in [0.25, 0.3) is 32.1 Å². The second kappa shape index (κ2) is 6.80. The van der Waals surface area contributed by atoms with Gasteiger partial charge in [-0.05, 0) is 42.8 Å². The maximum Gasteiger partial charge on any atom is 0.259 e. The summed E-state index contributed by atoms with van der Waals surface area (Å²) in [5.41, 5.74) is 4.68. The molecule has 5 nitrogen and oxygen atoms in total. The Bertz CT molecular complexity index is 1460. The van der Waals surface area contributed by atoms with E-state index >= 15 is 0 Å². The minimum absolute atomic E-state index is 0.332. The van der Waals surface area contributed by atoms with Crippen molar-refractivity contribution in [3.63, 3.8) is 0 Å². The zero-order valence-corrected chi connectivity index (χ0v) is 19.1. The Balaban J connectivity index is 1.62. The first-order valence-electron chi connectivity index (χ1n) is 10.1. The molecule has 6 rings (SSSR count). The molecule has 0 atom stereocenters. The number of benzene rings is 2. The van der Waals surface area contributed by atoms with Crippen LogP contribution in [0.4, 0.5) is 5.69 Å². The van der Waals surface area contributed by atoms with Crippen molar-refractivity contribution in [2.75, 3.05) is 18.0 Å². The number of thiophene rings is 1. The molecule has 1 fully saturated rings. The lowest BCUT2D eigenvalue weighted by Gasteiger charge is -2.33. The van der Waals surface area contributed by atoms with Crippen LogP contribution in [0.1, 0.15) is 17.5 Å². The van der Waals surface area contributed by atoms with Crippen molar-refractivity contribution in [3.8, 4) is 0 Å². The maximum atomic E-state index is 13.0. The third-order valence-electron chi connectivity index (χ3n) is 6.20. The summed E-state index contributed by atoms with van der Waals surface area (Å²) >= 11 is 5.14. The molecule has 2 aliphatic heterocycles. The number of aryl methyl sites for hydroxylation is 1. The van der Waals surface area contributed by atoms with Crippen molar-refractivity contribution < 1.29 is 9.59 Å². The average Bonchev–Trinajstić information content (AvgIpc) is 3.33. The topological polar surface area (TPSA) is 54.3 Å². The lowest BCUT2D eigenvalue weighted by Crippen LogP contribution is -2.36. The molecule has 0 radical (unpaired) electrons. The quantitative estimate of drug-likeness (QED) is 0.413. The normalized spacial score (nSPS) is 16.5. The minimum Gasteiger partial charge on any atom is -0.371 e. The van der Waals surface area contributed by atoms with Crippen molar-refractivity contribution >= 4 is 76.9 Å². The number of carbonyl (C=O) groups is 2. The number of aromatic nitrogens is 1. The third-order valence-corrected chi connectivity index (χ3v) is 7.66. The van der Waals surface area contributed by atoms with Gasteiger partial charge in [-0.1, -0.05) is 15.9 Å². The number of amides is 2. The number of imide groups is 1. The fourth-order valence-corrected chi connectivity index (χ4v) is 5.81. The van der Waals surface area contributed by atoms with Gasteiger partial charge in [0.2, 0.25) is 0 Å². The number of rotatable bonds is 3. The van der Waals surface area contributed by atoms with Crippen LogP contribution in [0.15, 0.2) is 52.4 Å². The van der Waals surface area contributed by atoms with Gasteiger partial charge in [0.15, 0.2) is 0 Å². The van der Waals surface area contributed by atoms with Crippen LogP contribution in [0.5, 0.6) is 0 Å². The molecule has 2 amide bonds. The monoisotopic (exact) mass is 491 g/mol. The number of carbonyl (C=O) groups excluding carboxylic acids is 2. The summed E-state index contributed by atoms with van der Waals surface area (Å²) in [5.74, 6) is -0.674. The molecule has 2 aromatic heterocycles. The van der Waals surface area contributed by atoms with Crippen LogP contribution in [-0.4, -0.2) is 29.5 Å². The molecule has 4 aromatic rings. The number of fused-ring (bicyclic) bond motifs is 2. The lowest BCUT2D eigenvalue weighted by atomic mass is 9.95.